The second-order valence-corrected chi connectivity index (χ2v) is 6.92. The molecule has 1 N–H and O–H groups in total. The van der Waals surface area contributed by atoms with Crippen LogP contribution in [0.15, 0.2) is 53.6 Å². The topological polar surface area (TPSA) is 72.7 Å². The molecule has 4 rings (SSSR count). The lowest BCUT2D eigenvalue weighted by atomic mass is 10.0. The van der Waals surface area contributed by atoms with E-state index in [9.17, 15) is 9.59 Å². The van der Waals surface area contributed by atoms with Gasteiger partial charge in [0.15, 0.2) is 0 Å². The van der Waals surface area contributed by atoms with Gasteiger partial charge in [0, 0.05) is 12.4 Å². The van der Waals surface area contributed by atoms with Crippen LogP contribution < -0.4 is 15.6 Å². The number of amides is 1. The summed E-state index contributed by atoms with van der Waals surface area (Å²) in [6.45, 7) is 1.88. The third kappa shape index (κ3) is 3.30. The molecular weight excluding hydrogens is 342 g/mol. The van der Waals surface area contributed by atoms with Crippen molar-refractivity contribution in [2.24, 2.45) is 5.92 Å². The van der Waals surface area contributed by atoms with Crippen molar-refractivity contribution in [1.29, 1.82) is 0 Å². The van der Waals surface area contributed by atoms with E-state index in [1.807, 2.05) is 37.3 Å². The molecule has 138 valence electrons. The van der Waals surface area contributed by atoms with Crippen LogP contribution in [0.5, 0.6) is 5.75 Å². The number of methoxy groups -OCH3 is 1. The smallest absolute Gasteiger partial charge is 0.270 e. The summed E-state index contributed by atoms with van der Waals surface area (Å²) in [5, 5.41) is 3.04. The van der Waals surface area contributed by atoms with Crippen LogP contribution in [-0.2, 0) is 0 Å². The van der Waals surface area contributed by atoms with Gasteiger partial charge in [0.25, 0.3) is 11.5 Å². The zero-order chi connectivity index (χ0) is 19.0. The van der Waals surface area contributed by atoms with E-state index in [2.05, 4.69) is 10.3 Å². The number of rotatable bonds is 5. The Hall–Kier alpha value is -3.15. The Kier molecular flexibility index (Phi) is 4.39. The first kappa shape index (κ1) is 17.3. The van der Waals surface area contributed by atoms with Gasteiger partial charge in [-0.1, -0.05) is 18.2 Å². The molecule has 1 aliphatic carbocycles. The van der Waals surface area contributed by atoms with Crippen LogP contribution in [0.4, 0.5) is 0 Å². The molecule has 1 atom stereocenters. The van der Waals surface area contributed by atoms with Crippen LogP contribution in [-0.4, -0.2) is 22.4 Å². The fourth-order valence-electron chi connectivity index (χ4n) is 3.34. The molecule has 2 aromatic heterocycles. The van der Waals surface area contributed by atoms with E-state index in [0.717, 1.165) is 29.7 Å². The lowest BCUT2D eigenvalue weighted by Crippen LogP contribution is -2.35. The first-order chi connectivity index (χ1) is 13.1. The molecule has 3 aromatic rings. The normalized spacial score (nSPS) is 14.7. The standard InChI is InChI=1S/C21H21N3O3/c1-13-4-3-11-24-19(13)22-12-17(21(24)26)20(25)23-18(14-5-6-14)15-7-9-16(27-2)10-8-15/h3-4,7-12,14,18H,5-6H2,1-2H3,(H,23,25). The van der Waals surface area contributed by atoms with Gasteiger partial charge in [-0.2, -0.15) is 0 Å². The zero-order valence-corrected chi connectivity index (χ0v) is 15.3. The van der Waals surface area contributed by atoms with E-state index >= 15 is 0 Å². The quantitative estimate of drug-likeness (QED) is 0.756. The minimum absolute atomic E-state index is 0.0530. The molecule has 0 bridgehead atoms. The summed E-state index contributed by atoms with van der Waals surface area (Å²) in [6.07, 6.45) is 5.13. The van der Waals surface area contributed by atoms with E-state index in [-0.39, 0.29) is 17.2 Å². The number of benzene rings is 1. The third-order valence-corrected chi connectivity index (χ3v) is 5.03. The number of carbonyl (C=O) groups excluding carboxylic acids is 1. The summed E-state index contributed by atoms with van der Waals surface area (Å²) in [5.74, 6) is 0.767. The number of fused-ring (bicyclic) bond motifs is 1. The van der Waals surface area contributed by atoms with E-state index in [1.165, 1.54) is 10.6 Å². The second-order valence-electron chi connectivity index (χ2n) is 6.92. The summed E-state index contributed by atoms with van der Waals surface area (Å²) < 4.78 is 6.62. The maximum absolute atomic E-state index is 12.8. The minimum Gasteiger partial charge on any atom is -0.497 e. The molecule has 6 heteroatoms. The summed E-state index contributed by atoms with van der Waals surface area (Å²) in [4.78, 5) is 29.9. The van der Waals surface area contributed by atoms with Gasteiger partial charge in [-0.25, -0.2) is 4.98 Å². The maximum Gasteiger partial charge on any atom is 0.270 e. The van der Waals surface area contributed by atoms with Gasteiger partial charge in [0.05, 0.1) is 13.2 Å². The van der Waals surface area contributed by atoms with E-state index in [0.29, 0.717) is 11.6 Å². The first-order valence-corrected chi connectivity index (χ1v) is 9.00. The summed E-state index contributed by atoms with van der Waals surface area (Å²) in [5.41, 5.74) is 2.16. The fourth-order valence-corrected chi connectivity index (χ4v) is 3.34. The average molecular weight is 363 g/mol. The van der Waals surface area contributed by atoms with Gasteiger partial charge in [-0.3, -0.25) is 14.0 Å². The molecule has 1 saturated carbocycles. The van der Waals surface area contributed by atoms with E-state index in [4.69, 9.17) is 4.74 Å². The number of nitrogens with zero attached hydrogens (tertiary/aromatic N) is 2. The number of pyridine rings is 1. The largest absolute Gasteiger partial charge is 0.497 e. The maximum atomic E-state index is 12.8. The lowest BCUT2D eigenvalue weighted by Gasteiger charge is -2.19. The lowest BCUT2D eigenvalue weighted by molar-refractivity contribution is 0.0929. The number of hydrogen-bond donors (Lipinski definition) is 1. The van der Waals surface area contributed by atoms with Gasteiger partial charge >= 0.3 is 0 Å². The highest BCUT2D eigenvalue weighted by Crippen LogP contribution is 2.41. The van der Waals surface area contributed by atoms with Crippen molar-refractivity contribution in [1.82, 2.24) is 14.7 Å². The third-order valence-electron chi connectivity index (χ3n) is 5.03. The van der Waals surface area contributed by atoms with Crippen molar-refractivity contribution in [3.63, 3.8) is 0 Å². The molecule has 0 spiro atoms. The molecule has 1 unspecified atom stereocenters. The first-order valence-electron chi connectivity index (χ1n) is 9.00. The Balaban J connectivity index is 1.64. The van der Waals surface area contributed by atoms with Crippen molar-refractivity contribution in [2.45, 2.75) is 25.8 Å². The van der Waals surface area contributed by atoms with Crippen LogP contribution in [0.3, 0.4) is 0 Å². The number of ether oxygens (including phenoxy) is 1. The van der Waals surface area contributed by atoms with Gasteiger partial charge in [0.1, 0.15) is 17.0 Å². The second kappa shape index (κ2) is 6.87. The Morgan fingerprint density at radius 3 is 2.67 bits per heavy atom. The molecule has 0 aliphatic heterocycles. The van der Waals surface area contributed by atoms with Crippen molar-refractivity contribution >= 4 is 11.6 Å². The zero-order valence-electron chi connectivity index (χ0n) is 15.3. The van der Waals surface area contributed by atoms with Gasteiger partial charge in [-0.05, 0) is 55.0 Å². The molecule has 6 nitrogen and oxygen atoms in total. The molecule has 0 saturated heterocycles. The van der Waals surface area contributed by atoms with Crippen LogP contribution in [0.25, 0.3) is 5.65 Å². The molecule has 0 radical (unpaired) electrons. The van der Waals surface area contributed by atoms with E-state index in [1.54, 1.807) is 19.4 Å². The van der Waals surface area contributed by atoms with Crippen LogP contribution in [0, 0.1) is 12.8 Å². The molecule has 2 heterocycles. The van der Waals surface area contributed by atoms with Gasteiger partial charge < -0.3 is 10.1 Å². The molecule has 1 aromatic carbocycles. The Morgan fingerprint density at radius 2 is 2.00 bits per heavy atom. The predicted molar refractivity (Wildman–Crippen MR) is 102 cm³/mol. The monoisotopic (exact) mass is 363 g/mol. The van der Waals surface area contributed by atoms with Crippen molar-refractivity contribution in [3.05, 3.63) is 75.8 Å². The fraction of sp³-hybridized carbons (Fsp3) is 0.286. The van der Waals surface area contributed by atoms with Gasteiger partial charge in [0.2, 0.25) is 0 Å². The molecule has 1 fully saturated rings. The molecule has 1 aliphatic rings. The van der Waals surface area contributed by atoms with Crippen molar-refractivity contribution in [2.75, 3.05) is 7.11 Å². The van der Waals surface area contributed by atoms with Crippen LogP contribution >= 0.6 is 0 Å². The number of aromatic nitrogens is 2. The highest BCUT2D eigenvalue weighted by atomic mass is 16.5. The predicted octanol–water partition coefficient (Wildman–Crippen LogP) is 2.89. The number of nitrogens with one attached hydrogen (secondary N) is 1. The van der Waals surface area contributed by atoms with Crippen LogP contribution in [0.1, 0.15) is 40.4 Å². The number of aryl methyl sites for hydroxylation is 1. The summed E-state index contributed by atoms with van der Waals surface area (Å²) >= 11 is 0. The highest BCUT2D eigenvalue weighted by Gasteiger charge is 2.34. The molecule has 1 amide bonds. The average Bonchev–Trinajstić information content (AvgIpc) is 3.52. The number of hydrogen-bond acceptors (Lipinski definition) is 4. The molecule has 27 heavy (non-hydrogen) atoms. The Labute approximate surface area is 156 Å². The van der Waals surface area contributed by atoms with Crippen molar-refractivity contribution in [3.8, 4) is 5.75 Å². The Morgan fingerprint density at radius 1 is 1.26 bits per heavy atom. The molecular formula is C21H21N3O3. The highest BCUT2D eigenvalue weighted by molar-refractivity contribution is 5.94. The Bertz CT molecular complexity index is 1050. The summed E-state index contributed by atoms with van der Waals surface area (Å²) in [7, 11) is 1.62. The number of carbonyl (C=O) groups is 1. The van der Waals surface area contributed by atoms with Gasteiger partial charge in [-0.15, -0.1) is 0 Å². The van der Waals surface area contributed by atoms with Crippen molar-refractivity contribution < 1.29 is 9.53 Å². The van der Waals surface area contributed by atoms with Crippen LogP contribution in [0.2, 0.25) is 0 Å². The minimum atomic E-state index is -0.392. The van der Waals surface area contributed by atoms with E-state index < -0.39 is 5.91 Å². The summed E-state index contributed by atoms with van der Waals surface area (Å²) in [6, 6.07) is 11.2. The SMILES string of the molecule is COc1ccc(C(NC(=O)c2cnc3c(C)cccn3c2=O)C2CC2)cc1.